The summed E-state index contributed by atoms with van der Waals surface area (Å²) in [6.45, 7) is 2.20. The SMILES string of the molecule is COC1CCCC(N[C@@H](C)c2cccnc2)C1. The van der Waals surface area contributed by atoms with Crippen molar-refractivity contribution < 1.29 is 4.74 Å². The van der Waals surface area contributed by atoms with Gasteiger partial charge in [-0.15, -0.1) is 0 Å². The molecular weight excluding hydrogens is 212 g/mol. The Bertz CT molecular complexity index is 328. The van der Waals surface area contributed by atoms with Gasteiger partial charge in [-0.25, -0.2) is 0 Å². The van der Waals surface area contributed by atoms with Crippen LogP contribution in [0, 0.1) is 0 Å². The summed E-state index contributed by atoms with van der Waals surface area (Å²) in [5.74, 6) is 0. The second-order valence-corrected chi connectivity index (χ2v) is 4.90. The molecule has 2 rings (SSSR count). The average molecular weight is 234 g/mol. The molecule has 0 bridgehead atoms. The summed E-state index contributed by atoms with van der Waals surface area (Å²) in [4.78, 5) is 4.17. The lowest BCUT2D eigenvalue weighted by molar-refractivity contribution is 0.0572. The van der Waals surface area contributed by atoms with Gasteiger partial charge in [-0.1, -0.05) is 6.07 Å². The monoisotopic (exact) mass is 234 g/mol. The van der Waals surface area contributed by atoms with Crippen molar-refractivity contribution in [3.63, 3.8) is 0 Å². The first-order valence-electron chi connectivity index (χ1n) is 6.48. The number of nitrogens with one attached hydrogen (secondary N) is 1. The van der Waals surface area contributed by atoms with Crippen LogP contribution in [-0.4, -0.2) is 24.2 Å². The van der Waals surface area contributed by atoms with Crippen LogP contribution in [0.15, 0.2) is 24.5 Å². The Morgan fingerprint density at radius 2 is 2.35 bits per heavy atom. The molecule has 0 amide bonds. The van der Waals surface area contributed by atoms with Crippen LogP contribution >= 0.6 is 0 Å². The standard InChI is InChI=1S/C14H22N2O/c1-11(12-5-4-8-15-10-12)16-13-6-3-7-14(9-13)17-2/h4-5,8,10-11,13-14,16H,3,6-7,9H2,1-2H3/t11-,13?,14?/m0/s1. The molecule has 2 unspecified atom stereocenters. The van der Waals surface area contributed by atoms with Gasteiger partial charge < -0.3 is 10.1 Å². The molecule has 1 N–H and O–H groups in total. The van der Waals surface area contributed by atoms with E-state index in [-0.39, 0.29) is 0 Å². The fourth-order valence-corrected chi connectivity index (χ4v) is 2.59. The first-order chi connectivity index (χ1) is 8.29. The van der Waals surface area contributed by atoms with E-state index in [2.05, 4.69) is 23.3 Å². The summed E-state index contributed by atoms with van der Waals surface area (Å²) in [5, 5.41) is 3.68. The third-order valence-corrected chi connectivity index (χ3v) is 3.63. The number of hydrogen-bond acceptors (Lipinski definition) is 3. The zero-order valence-corrected chi connectivity index (χ0v) is 10.7. The smallest absolute Gasteiger partial charge is 0.0586 e. The van der Waals surface area contributed by atoms with Crippen molar-refractivity contribution >= 4 is 0 Å². The van der Waals surface area contributed by atoms with E-state index in [1.807, 2.05) is 25.6 Å². The number of methoxy groups -OCH3 is 1. The van der Waals surface area contributed by atoms with Gasteiger partial charge in [0.05, 0.1) is 6.10 Å². The molecule has 0 saturated heterocycles. The minimum Gasteiger partial charge on any atom is -0.381 e. The molecule has 1 aliphatic rings. The number of pyridine rings is 1. The lowest BCUT2D eigenvalue weighted by atomic mass is 9.92. The molecule has 1 fully saturated rings. The molecule has 0 radical (unpaired) electrons. The van der Waals surface area contributed by atoms with Crippen LogP contribution in [0.4, 0.5) is 0 Å². The molecular formula is C14H22N2O. The number of ether oxygens (including phenoxy) is 1. The number of hydrogen-bond donors (Lipinski definition) is 1. The summed E-state index contributed by atoms with van der Waals surface area (Å²) < 4.78 is 5.46. The van der Waals surface area contributed by atoms with Crippen LogP contribution < -0.4 is 5.32 Å². The Balaban J connectivity index is 1.88. The predicted octanol–water partition coefficient (Wildman–Crippen LogP) is 2.69. The Morgan fingerprint density at radius 1 is 1.47 bits per heavy atom. The molecule has 0 aromatic carbocycles. The molecule has 0 aliphatic heterocycles. The van der Waals surface area contributed by atoms with Gasteiger partial charge in [-0.3, -0.25) is 4.98 Å². The zero-order valence-electron chi connectivity index (χ0n) is 10.7. The molecule has 0 spiro atoms. The highest BCUT2D eigenvalue weighted by Gasteiger charge is 2.22. The van der Waals surface area contributed by atoms with E-state index in [1.54, 1.807) is 0 Å². The molecule has 1 saturated carbocycles. The Hall–Kier alpha value is -0.930. The maximum Gasteiger partial charge on any atom is 0.0586 e. The van der Waals surface area contributed by atoms with Crippen LogP contribution in [0.1, 0.15) is 44.2 Å². The molecule has 17 heavy (non-hydrogen) atoms. The van der Waals surface area contributed by atoms with Crippen molar-refractivity contribution in [2.24, 2.45) is 0 Å². The molecule has 94 valence electrons. The van der Waals surface area contributed by atoms with Crippen LogP contribution in [0.5, 0.6) is 0 Å². The van der Waals surface area contributed by atoms with Gasteiger partial charge in [0.2, 0.25) is 0 Å². The van der Waals surface area contributed by atoms with Crippen molar-refractivity contribution in [2.45, 2.75) is 50.8 Å². The second-order valence-electron chi connectivity index (χ2n) is 4.90. The highest BCUT2D eigenvalue weighted by Crippen LogP contribution is 2.23. The summed E-state index contributed by atoms with van der Waals surface area (Å²) in [6, 6.07) is 5.06. The van der Waals surface area contributed by atoms with Gasteiger partial charge in [0.15, 0.2) is 0 Å². The molecule has 3 heteroatoms. The van der Waals surface area contributed by atoms with E-state index in [4.69, 9.17) is 4.74 Å². The van der Waals surface area contributed by atoms with Gasteiger partial charge in [0, 0.05) is 31.6 Å². The van der Waals surface area contributed by atoms with E-state index >= 15 is 0 Å². The van der Waals surface area contributed by atoms with E-state index in [9.17, 15) is 0 Å². The zero-order chi connectivity index (χ0) is 12.1. The summed E-state index contributed by atoms with van der Waals surface area (Å²) >= 11 is 0. The van der Waals surface area contributed by atoms with Crippen molar-refractivity contribution in [1.29, 1.82) is 0 Å². The van der Waals surface area contributed by atoms with E-state index < -0.39 is 0 Å². The van der Waals surface area contributed by atoms with E-state index in [1.165, 1.54) is 24.8 Å². The maximum absolute atomic E-state index is 5.46. The Morgan fingerprint density at radius 3 is 3.06 bits per heavy atom. The maximum atomic E-state index is 5.46. The van der Waals surface area contributed by atoms with Crippen molar-refractivity contribution in [3.05, 3.63) is 30.1 Å². The van der Waals surface area contributed by atoms with Gasteiger partial charge in [-0.2, -0.15) is 0 Å². The number of aromatic nitrogens is 1. The van der Waals surface area contributed by atoms with Crippen LogP contribution in [-0.2, 0) is 4.74 Å². The molecule has 3 atom stereocenters. The lowest BCUT2D eigenvalue weighted by Gasteiger charge is -2.31. The highest BCUT2D eigenvalue weighted by molar-refractivity contribution is 5.13. The van der Waals surface area contributed by atoms with Crippen LogP contribution in [0.3, 0.4) is 0 Å². The van der Waals surface area contributed by atoms with Crippen molar-refractivity contribution in [3.8, 4) is 0 Å². The average Bonchev–Trinajstić information content (AvgIpc) is 2.40. The van der Waals surface area contributed by atoms with Crippen LogP contribution in [0.2, 0.25) is 0 Å². The minimum atomic E-state index is 0.365. The fraction of sp³-hybridized carbons (Fsp3) is 0.643. The first kappa shape index (κ1) is 12.5. The summed E-state index contributed by atoms with van der Waals surface area (Å²) in [5.41, 5.74) is 1.26. The summed E-state index contributed by atoms with van der Waals surface area (Å²) in [7, 11) is 1.82. The quantitative estimate of drug-likeness (QED) is 0.869. The first-order valence-corrected chi connectivity index (χ1v) is 6.48. The number of nitrogens with zero attached hydrogens (tertiary/aromatic N) is 1. The van der Waals surface area contributed by atoms with E-state index in [0.717, 1.165) is 6.42 Å². The molecule has 1 aliphatic carbocycles. The normalized spacial score (nSPS) is 26.7. The van der Waals surface area contributed by atoms with Gasteiger partial charge in [0.25, 0.3) is 0 Å². The fourth-order valence-electron chi connectivity index (χ4n) is 2.59. The summed E-state index contributed by atoms with van der Waals surface area (Å²) in [6.07, 6.45) is 9.03. The highest BCUT2D eigenvalue weighted by atomic mass is 16.5. The number of rotatable bonds is 4. The van der Waals surface area contributed by atoms with Gasteiger partial charge in [-0.05, 0) is 44.2 Å². The van der Waals surface area contributed by atoms with Crippen molar-refractivity contribution in [2.75, 3.05) is 7.11 Å². The Labute approximate surface area is 104 Å². The van der Waals surface area contributed by atoms with Gasteiger partial charge in [0.1, 0.15) is 0 Å². The largest absolute Gasteiger partial charge is 0.381 e. The minimum absolute atomic E-state index is 0.365. The molecule has 3 nitrogen and oxygen atoms in total. The second kappa shape index (κ2) is 6.12. The molecule has 1 heterocycles. The topological polar surface area (TPSA) is 34.1 Å². The van der Waals surface area contributed by atoms with Crippen molar-refractivity contribution in [1.82, 2.24) is 10.3 Å². The lowest BCUT2D eigenvalue weighted by Crippen LogP contribution is -2.38. The third-order valence-electron chi connectivity index (χ3n) is 3.63. The Kier molecular flexibility index (Phi) is 4.51. The predicted molar refractivity (Wildman–Crippen MR) is 68.8 cm³/mol. The van der Waals surface area contributed by atoms with Crippen LogP contribution in [0.25, 0.3) is 0 Å². The third kappa shape index (κ3) is 3.51. The van der Waals surface area contributed by atoms with E-state index in [0.29, 0.717) is 18.2 Å². The molecule has 1 aromatic rings. The van der Waals surface area contributed by atoms with Gasteiger partial charge >= 0.3 is 0 Å². The molecule has 1 aromatic heterocycles.